The average molecular weight is 112 g/mol. The highest BCUT2D eigenvalue weighted by Gasteiger charge is 1.50. The maximum absolute atomic E-state index is 6.39. The molecule has 0 aromatic rings. The Hall–Kier alpha value is -0.920. The maximum atomic E-state index is 6.39. The molecule has 0 aromatic heterocycles. The summed E-state index contributed by atoms with van der Waals surface area (Å²) in [5.74, 6) is 0. The SMILES string of the molecule is CC.N=C/C=C\C=N. The van der Waals surface area contributed by atoms with Crippen molar-refractivity contribution in [3.63, 3.8) is 0 Å². The van der Waals surface area contributed by atoms with Gasteiger partial charge >= 0.3 is 0 Å². The first-order chi connectivity index (χ1) is 3.91. The van der Waals surface area contributed by atoms with Crippen molar-refractivity contribution < 1.29 is 0 Å². The van der Waals surface area contributed by atoms with E-state index in [1.807, 2.05) is 13.8 Å². The lowest BCUT2D eigenvalue weighted by Crippen LogP contribution is -1.57. The van der Waals surface area contributed by atoms with Gasteiger partial charge in [0.05, 0.1) is 0 Å². The molecule has 0 bridgehead atoms. The summed E-state index contributed by atoms with van der Waals surface area (Å²) in [5.41, 5.74) is 0. The van der Waals surface area contributed by atoms with Crippen LogP contribution < -0.4 is 0 Å². The smallest absolute Gasteiger partial charge is 0.0178 e. The molecular formula is C6H12N2. The van der Waals surface area contributed by atoms with Crippen LogP contribution in [-0.2, 0) is 0 Å². The number of allylic oxidation sites excluding steroid dienone is 2. The largest absolute Gasteiger partial charge is 0.309 e. The van der Waals surface area contributed by atoms with E-state index in [9.17, 15) is 0 Å². The average Bonchev–Trinajstić information content (AvgIpc) is 1.88. The van der Waals surface area contributed by atoms with Gasteiger partial charge in [-0.2, -0.15) is 0 Å². The molecule has 0 radical (unpaired) electrons. The van der Waals surface area contributed by atoms with Gasteiger partial charge in [-0.15, -0.1) is 0 Å². The van der Waals surface area contributed by atoms with Gasteiger partial charge in [0, 0.05) is 12.4 Å². The fraction of sp³-hybridized carbons (Fsp3) is 0.333. The number of hydrogen-bond acceptors (Lipinski definition) is 2. The third-order valence-electron chi connectivity index (χ3n) is 0.304. The predicted octanol–water partition coefficient (Wildman–Crippen LogP) is 1.87. The molecule has 0 heterocycles. The van der Waals surface area contributed by atoms with Crippen LogP contribution in [0.2, 0.25) is 0 Å². The molecule has 0 amide bonds. The molecule has 8 heavy (non-hydrogen) atoms. The number of rotatable bonds is 2. The van der Waals surface area contributed by atoms with Crippen molar-refractivity contribution in [1.29, 1.82) is 10.8 Å². The van der Waals surface area contributed by atoms with E-state index >= 15 is 0 Å². The molecule has 0 atom stereocenters. The highest BCUT2D eigenvalue weighted by atomic mass is 14.3. The summed E-state index contributed by atoms with van der Waals surface area (Å²) >= 11 is 0. The molecule has 2 nitrogen and oxygen atoms in total. The Bertz CT molecular complexity index is 64.6. The van der Waals surface area contributed by atoms with Gasteiger partial charge in [-0.25, -0.2) is 0 Å². The highest BCUT2D eigenvalue weighted by Crippen LogP contribution is 1.54. The Labute approximate surface area is 50.3 Å². The van der Waals surface area contributed by atoms with Gasteiger partial charge in [-0.05, 0) is 12.2 Å². The Morgan fingerprint density at radius 1 is 0.875 bits per heavy atom. The van der Waals surface area contributed by atoms with Crippen LogP contribution in [0.3, 0.4) is 0 Å². The van der Waals surface area contributed by atoms with Crippen molar-refractivity contribution in [1.82, 2.24) is 0 Å². The summed E-state index contributed by atoms with van der Waals surface area (Å²) in [7, 11) is 0. The molecule has 0 aliphatic heterocycles. The van der Waals surface area contributed by atoms with Crippen LogP contribution in [0.1, 0.15) is 13.8 Å². The summed E-state index contributed by atoms with van der Waals surface area (Å²) in [4.78, 5) is 0. The van der Waals surface area contributed by atoms with Gasteiger partial charge in [-0.1, -0.05) is 13.8 Å². The molecule has 2 heteroatoms. The molecule has 0 rings (SSSR count). The first kappa shape index (κ1) is 10.1. The summed E-state index contributed by atoms with van der Waals surface area (Å²) < 4.78 is 0. The summed E-state index contributed by atoms with van der Waals surface area (Å²) in [6.07, 6.45) is 5.22. The second-order valence-corrected chi connectivity index (χ2v) is 0.718. The normalized spacial score (nSPS) is 7.25. The van der Waals surface area contributed by atoms with Crippen molar-refractivity contribution in [3.05, 3.63) is 12.2 Å². The molecule has 46 valence electrons. The van der Waals surface area contributed by atoms with Gasteiger partial charge in [0.2, 0.25) is 0 Å². The Morgan fingerprint density at radius 2 is 1.12 bits per heavy atom. The van der Waals surface area contributed by atoms with Crippen LogP contribution in [-0.4, -0.2) is 12.4 Å². The topological polar surface area (TPSA) is 47.7 Å². The monoisotopic (exact) mass is 112 g/mol. The lowest BCUT2D eigenvalue weighted by Gasteiger charge is -1.58. The fourth-order valence-electron chi connectivity index (χ4n) is 0.111. The van der Waals surface area contributed by atoms with Crippen LogP contribution in [0, 0.1) is 10.8 Å². The van der Waals surface area contributed by atoms with Gasteiger partial charge in [0.15, 0.2) is 0 Å². The molecule has 0 aromatic carbocycles. The van der Waals surface area contributed by atoms with Crippen LogP contribution in [0.25, 0.3) is 0 Å². The Balaban J connectivity index is 0. The van der Waals surface area contributed by atoms with Gasteiger partial charge in [0.1, 0.15) is 0 Å². The minimum Gasteiger partial charge on any atom is -0.309 e. The van der Waals surface area contributed by atoms with Crippen molar-refractivity contribution in [3.8, 4) is 0 Å². The quantitative estimate of drug-likeness (QED) is 0.512. The van der Waals surface area contributed by atoms with E-state index in [2.05, 4.69) is 0 Å². The zero-order chi connectivity index (χ0) is 6.83. The van der Waals surface area contributed by atoms with Crippen molar-refractivity contribution in [2.75, 3.05) is 0 Å². The molecule has 0 spiro atoms. The zero-order valence-electron chi connectivity index (χ0n) is 5.31. The highest BCUT2D eigenvalue weighted by molar-refractivity contribution is 5.78. The van der Waals surface area contributed by atoms with Crippen molar-refractivity contribution in [2.24, 2.45) is 0 Å². The van der Waals surface area contributed by atoms with Crippen molar-refractivity contribution in [2.45, 2.75) is 13.8 Å². The minimum atomic E-state index is 1.13. The first-order valence-electron chi connectivity index (χ1n) is 2.58. The molecule has 2 N–H and O–H groups in total. The second kappa shape index (κ2) is 16.5. The lowest BCUT2D eigenvalue weighted by atomic mass is 10.5. The number of hydrogen-bond donors (Lipinski definition) is 2. The van der Waals surface area contributed by atoms with E-state index in [0.29, 0.717) is 0 Å². The molecule has 0 saturated carbocycles. The summed E-state index contributed by atoms with van der Waals surface area (Å²) in [6, 6.07) is 0. The fourth-order valence-corrected chi connectivity index (χ4v) is 0.111. The van der Waals surface area contributed by atoms with Gasteiger partial charge < -0.3 is 10.8 Å². The molecule has 0 fully saturated rings. The van der Waals surface area contributed by atoms with Gasteiger partial charge in [-0.3, -0.25) is 0 Å². The molecule has 0 aliphatic carbocycles. The van der Waals surface area contributed by atoms with Crippen LogP contribution in [0.5, 0.6) is 0 Å². The van der Waals surface area contributed by atoms with E-state index in [4.69, 9.17) is 10.8 Å². The van der Waals surface area contributed by atoms with Crippen molar-refractivity contribution >= 4 is 12.4 Å². The maximum Gasteiger partial charge on any atom is 0.0178 e. The van der Waals surface area contributed by atoms with Crippen LogP contribution >= 0.6 is 0 Å². The third-order valence-corrected chi connectivity index (χ3v) is 0.304. The first-order valence-corrected chi connectivity index (χ1v) is 2.58. The molecular weight excluding hydrogens is 100 g/mol. The number of nitrogens with one attached hydrogen (secondary N) is 2. The van der Waals surface area contributed by atoms with E-state index in [0.717, 1.165) is 12.4 Å². The van der Waals surface area contributed by atoms with Crippen LogP contribution in [0.15, 0.2) is 12.2 Å². The van der Waals surface area contributed by atoms with Crippen LogP contribution in [0.4, 0.5) is 0 Å². The summed E-state index contributed by atoms with van der Waals surface area (Å²) in [6.45, 7) is 4.00. The summed E-state index contributed by atoms with van der Waals surface area (Å²) in [5, 5.41) is 12.8. The van der Waals surface area contributed by atoms with E-state index in [1.165, 1.54) is 12.2 Å². The Kier molecular flexibility index (Phi) is 21.0. The molecule has 0 saturated heterocycles. The standard InChI is InChI=1S/C4H6N2.C2H6/c5-3-1-2-4-6;1-2/h1-6H;1-2H3/b2-1-,5-3?,6-4?;. The minimum absolute atomic E-state index is 1.13. The van der Waals surface area contributed by atoms with Gasteiger partial charge in [0.25, 0.3) is 0 Å². The Morgan fingerprint density at radius 3 is 1.25 bits per heavy atom. The third kappa shape index (κ3) is 19.5. The van der Waals surface area contributed by atoms with E-state index in [1.54, 1.807) is 0 Å². The molecule has 0 aliphatic rings. The second-order valence-electron chi connectivity index (χ2n) is 0.718. The lowest BCUT2D eigenvalue weighted by molar-refractivity contribution is 1.50. The predicted molar refractivity (Wildman–Crippen MR) is 38.1 cm³/mol. The van der Waals surface area contributed by atoms with E-state index in [-0.39, 0.29) is 0 Å². The van der Waals surface area contributed by atoms with E-state index < -0.39 is 0 Å². The zero-order valence-corrected chi connectivity index (χ0v) is 5.31. The molecule has 0 unspecified atom stereocenters.